The molecule has 0 aromatic heterocycles. The first-order valence-electron chi connectivity index (χ1n) is 6.84. The van der Waals surface area contributed by atoms with Crippen LogP contribution in [-0.4, -0.2) is 6.54 Å². The molecule has 2 nitrogen and oxygen atoms in total. The maximum Gasteiger partial charge on any atom is 0.131 e. The fourth-order valence-electron chi connectivity index (χ4n) is 2.05. The van der Waals surface area contributed by atoms with E-state index in [-0.39, 0.29) is 0 Å². The van der Waals surface area contributed by atoms with Crippen LogP contribution in [0.4, 0.5) is 0 Å². The molecule has 0 fully saturated rings. The van der Waals surface area contributed by atoms with Crippen LogP contribution in [0.2, 0.25) is 0 Å². The van der Waals surface area contributed by atoms with E-state index < -0.39 is 0 Å². The number of hydrogen-bond acceptors (Lipinski definition) is 2. The number of benzene rings is 2. The van der Waals surface area contributed by atoms with Crippen LogP contribution in [0.1, 0.15) is 23.6 Å². The highest BCUT2D eigenvalue weighted by Crippen LogP contribution is 2.30. The van der Waals surface area contributed by atoms with E-state index in [1.165, 1.54) is 11.1 Å². The third-order valence-corrected chi connectivity index (χ3v) is 3.63. The monoisotopic (exact) mass is 333 g/mol. The first-order chi connectivity index (χ1) is 9.60. The van der Waals surface area contributed by atoms with E-state index in [4.69, 9.17) is 4.74 Å². The van der Waals surface area contributed by atoms with Crippen LogP contribution in [0.3, 0.4) is 0 Å². The van der Waals surface area contributed by atoms with Crippen molar-refractivity contribution in [3.8, 4) is 11.5 Å². The average molecular weight is 334 g/mol. The lowest BCUT2D eigenvalue weighted by atomic mass is 10.1. The van der Waals surface area contributed by atoms with Crippen LogP contribution in [-0.2, 0) is 6.54 Å². The molecule has 2 aromatic rings. The third kappa shape index (κ3) is 3.84. The van der Waals surface area contributed by atoms with Crippen LogP contribution in [0, 0.1) is 13.8 Å². The second kappa shape index (κ2) is 6.91. The zero-order chi connectivity index (χ0) is 14.5. The summed E-state index contributed by atoms with van der Waals surface area (Å²) in [5.41, 5.74) is 3.56. The molecule has 106 valence electrons. The molecule has 0 aliphatic heterocycles. The summed E-state index contributed by atoms with van der Waals surface area (Å²) in [6, 6.07) is 12.4. The molecule has 0 heterocycles. The lowest BCUT2D eigenvalue weighted by Gasteiger charge is -2.14. The van der Waals surface area contributed by atoms with Crippen molar-refractivity contribution < 1.29 is 4.74 Å². The highest BCUT2D eigenvalue weighted by Gasteiger charge is 2.07. The van der Waals surface area contributed by atoms with Crippen LogP contribution in [0.25, 0.3) is 0 Å². The number of ether oxygens (including phenoxy) is 1. The van der Waals surface area contributed by atoms with Crippen molar-refractivity contribution in [3.05, 3.63) is 57.6 Å². The van der Waals surface area contributed by atoms with Crippen LogP contribution >= 0.6 is 15.9 Å². The molecule has 2 aromatic carbocycles. The quantitative estimate of drug-likeness (QED) is 0.834. The second-order valence-electron chi connectivity index (χ2n) is 4.90. The van der Waals surface area contributed by atoms with Crippen molar-refractivity contribution in [2.75, 3.05) is 6.54 Å². The summed E-state index contributed by atoms with van der Waals surface area (Å²) in [7, 11) is 0. The van der Waals surface area contributed by atoms with Crippen molar-refractivity contribution >= 4 is 15.9 Å². The smallest absolute Gasteiger partial charge is 0.131 e. The minimum Gasteiger partial charge on any atom is -0.457 e. The summed E-state index contributed by atoms with van der Waals surface area (Å²) in [6.45, 7) is 8.03. The van der Waals surface area contributed by atoms with Gasteiger partial charge in [-0.25, -0.2) is 0 Å². The molecule has 20 heavy (non-hydrogen) atoms. The molecule has 0 aliphatic carbocycles. The summed E-state index contributed by atoms with van der Waals surface area (Å²) in [6.07, 6.45) is 0. The summed E-state index contributed by atoms with van der Waals surface area (Å²) in [5.74, 6) is 1.82. The van der Waals surface area contributed by atoms with E-state index in [9.17, 15) is 0 Å². The number of halogens is 1. The number of nitrogens with one attached hydrogen (secondary N) is 1. The van der Waals surface area contributed by atoms with Crippen molar-refractivity contribution in [2.45, 2.75) is 27.3 Å². The Kier molecular flexibility index (Phi) is 5.21. The van der Waals surface area contributed by atoms with Crippen LogP contribution < -0.4 is 10.1 Å². The number of rotatable bonds is 5. The van der Waals surface area contributed by atoms with Crippen molar-refractivity contribution in [1.82, 2.24) is 5.32 Å². The largest absolute Gasteiger partial charge is 0.457 e. The van der Waals surface area contributed by atoms with Crippen molar-refractivity contribution in [3.63, 3.8) is 0 Å². The van der Waals surface area contributed by atoms with Gasteiger partial charge in [0, 0.05) is 16.6 Å². The summed E-state index contributed by atoms with van der Waals surface area (Å²) >= 11 is 3.47. The molecule has 0 radical (unpaired) electrons. The highest BCUT2D eigenvalue weighted by atomic mass is 79.9. The average Bonchev–Trinajstić information content (AvgIpc) is 2.41. The van der Waals surface area contributed by atoms with Crippen molar-refractivity contribution in [1.29, 1.82) is 0 Å². The Bertz CT molecular complexity index is 596. The topological polar surface area (TPSA) is 21.3 Å². The molecule has 0 saturated heterocycles. The van der Waals surface area contributed by atoms with E-state index in [1.54, 1.807) is 0 Å². The van der Waals surface area contributed by atoms with Gasteiger partial charge in [0.1, 0.15) is 11.5 Å². The Morgan fingerprint density at radius 1 is 1.05 bits per heavy atom. The van der Waals surface area contributed by atoms with Crippen LogP contribution in [0.5, 0.6) is 11.5 Å². The van der Waals surface area contributed by atoms with Gasteiger partial charge in [-0.2, -0.15) is 0 Å². The zero-order valence-corrected chi connectivity index (χ0v) is 13.8. The predicted octanol–water partition coefficient (Wildman–Crippen LogP) is 4.97. The minimum absolute atomic E-state index is 0.823. The summed E-state index contributed by atoms with van der Waals surface area (Å²) in [4.78, 5) is 0. The van der Waals surface area contributed by atoms with Gasteiger partial charge in [-0.05, 0) is 50.2 Å². The fraction of sp³-hybridized carbons (Fsp3) is 0.294. The Morgan fingerprint density at radius 3 is 2.50 bits per heavy atom. The SMILES string of the molecule is CCNCc1cc(C)ccc1Oc1ccc(Br)cc1C. The lowest BCUT2D eigenvalue weighted by Crippen LogP contribution is -2.12. The van der Waals surface area contributed by atoms with Crippen molar-refractivity contribution in [2.24, 2.45) is 0 Å². The van der Waals surface area contributed by atoms with E-state index in [0.717, 1.165) is 34.6 Å². The second-order valence-corrected chi connectivity index (χ2v) is 5.82. The first-order valence-corrected chi connectivity index (χ1v) is 7.63. The molecular weight excluding hydrogens is 314 g/mol. The molecule has 0 unspecified atom stereocenters. The molecule has 0 amide bonds. The van der Waals surface area contributed by atoms with Gasteiger partial charge in [0.05, 0.1) is 0 Å². The number of hydrogen-bond donors (Lipinski definition) is 1. The van der Waals surface area contributed by atoms with Crippen LogP contribution in [0.15, 0.2) is 40.9 Å². The summed E-state index contributed by atoms with van der Waals surface area (Å²) < 4.78 is 7.16. The van der Waals surface area contributed by atoms with Gasteiger partial charge in [0.2, 0.25) is 0 Å². The zero-order valence-electron chi connectivity index (χ0n) is 12.2. The highest BCUT2D eigenvalue weighted by molar-refractivity contribution is 9.10. The minimum atomic E-state index is 0.823. The lowest BCUT2D eigenvalue weighted by molar-refractivity contribution is 0.469. The Balaban J connectivity index is 2.27. The normalized spacial score (nSPS) is 10.6. The standard InChI is InChI=1S/C17H20BrNO/c1-4-19-11-14-9-12(2)5-7-17(14)20-16-8-6-15(18)10-13(16)3/h5-10,19H,4,11H2,1-3H3. The number of aryl methyl sites for hydroxylation is 2. The Labute approximate surface area is 129 Å². The Hall–Kier alpha value is -1.32. The fourth-order valence-corrected chi connectivity index (χ4v) is 2.53. The summed E-state index contributed by atoms with van der Waals surface area (Å²) in [5, 5.41) is 3.35. The first kappa shape index (κ1) is 15.1. The van der Waals surface area contributed by atoms with Gasteiger partial charge < -0.3 is 10.1 Å². The van der Waals surface area contributed by atoms with Gasteiger partial charge in [-0.3, -0.25) is 0 Å². The molecular formula is C17H20BrNO. The van der Waals surface area contributed by atoms with Gasteiger partial charge in [-0.15, -0.1) is 0 Å². The van der Waals surface area contributed by atoms with Gasteiger partial charge >= 0.3 is 0 Å². The van der Waals surface area contributed by atoms with E-state index in [1.807, 2.05) is 18.2 Å². The molecule has 0 bridgehead atoms. The molecule has 2 rings (SSSR count). The van der Waals surface area contributed by atoms with Gasteiger partial charge in [-0.1, -0.05) is 40.5 Å². The molecule has 0 atom stereocenters. The van der Waals surface area contributed by atoms with E-state index in [2.05, 4.69) is 60.2 Å². The van der Waals surface area contributed by atoms with E-state index >= 15 is 0 Å². The maximum absolute atomic E-state index is 6.09. The molecule has 1 N–H and O–H groups in total. The molecule has 0 saturated carbocycles. The molecule has 0 spiro atoms. The van der Waals surface area contributed by atoms with E-state index in [0.29, 0.717) is 0 Å². The molecule has 0 aliphatic rings. The molecule has 3 heteroatoms. The Morgan fingerprint density at radius 2 is 1.80 bits per heavy atom. The van der Waals surface area contributed by atoms with Gasteiger partial charge in [0.25, 0.3) is 0 Å². The third-order valence-electron chi connectivity index (χ3n) is 3.14. The predicted molar refractivity (Wildman–Crippen MR) is 87.5 cm³/mol. The van der Waals surface area contributed by atoms with Gasteiger partial charge in [0.15, 0.2) is 0 Å². The maximum atomic E-state index is 6.09.